The lowest BCUT2D eigenvalue weighted by atomic mass is 9.79. The number of phenols is 1. The van der Waals surface area contributed by atoms with Gasteiger partial charge in [-0.2, -0.15) is 0 Å². The molecule has 0 saturated carbocycles. The zero-order valence-corrected chi connectivity index (χ0v) is 19.9. The van der Waals surface area contributed by atoms with Crippen LogP contribution in [0, 0.1) is 0 Å². The minimum absolute atomic E-state index is 0. The molecule has 2 aromatic rings. The largest absolute Gasteiger partial charge is 0.506 e. The van der Waals surface area contributed by atoms with E-state index in [-0.39, 0.29) is 52.7 Å². The van der Waals surface area contributed by atoms with E-state index in [1.807, 2.05) is 6.92 Å². The first-order valence-corrected chi connectivity index (χ1v) is 9.89. The molecule has 0 aliphatic carbocycles. The monoisotopic (exact) mass is 464 g/mol. The number of nitrogens with one attached hydrogen (secondary N) is 2. The summed E-state index contributed by atoms with van der Waals surface area (Å²) in [5, 5.41) is 18.8. The molecular weight excluding hydrogens is 435 g/mol. The van der Waals surface area contributed by atoms with Crippen LogP contribution in [0.3, 0.4) is 0 Å². The van der Waals surface area contributed by atoms with Crippen LogP contribution in [0.2, 0.25) is 5.02 Å². The molecule has 0 spiro atoms. The van der Waals surface area contributed by atoms with Crippen molar-refractivity contribution in [3.63, 3.8) is 0 Å². The van der Waals surface area contributed by atoms with Gasteiger partial charge in [-0.15, -0.1) is 24.8 Å². The lowest BCUT2D eigenvalue weighted by molar-refractivity contribution is 0.145. The molecule has 8 heteroatoms. The van der Waals surface area contributed by atoms with E-state index in [9.17, 15) is 9.90 Å². The molecule has 1 saturated heterocycles. The van der Waals surface area contributed by atoms with E-state index in [1.165, 1.54) is 6.07 Å². The number of fused-ring (bicyclic) bond motifs is 1. The van der Waals surface area contributed by atoms with Crippen molar-refractivity contribution in [3.8, 4) is 5.75 Å². The standard InChI is InChI=1S/C21H29ClN2O3.2ClH/c1-6-12-7-17(25)27-19-14(12)8-16(22)18(26)15(19)11-23-13-9-20(2,3)24-21(4,5)10-13;;/h7-8,13,23-24,26H,6,9-11H2,1-5H3;2*1H. The predicted octanol–water partition coefficient (Wildman–Crippen LogP) is 4.96. The van der Waals surface area contributed by atoms with E-state index in [4.69, 9.17) is 16.0 Å². The Balaban J connectivity index is 0.00000210. The van der Waals surface area contributed by atoms with Crippen molar-refractivity contribution in [1.29, 1.82) is 0 Å². The van der Waals surface area contributed by atoms with Gasteiger partial charge in [0.2, 0.25) is 0 Å². The lowest BCUT2D eigenvalue weighted by Crippen LogP contribution is -2.61. The Morgan fingerprint density at radius 3 is 2.34 bits per heavy atom. The molecule has 1 fully saturated rings. The topological polar surface area (TPSA) is 74.5 Å². The Morgan fingerprint density at radius 1 is 1.21 bits per heavy atom. The molecule has 0 bridgehead atoms. The maximum absolute atomic E-state index is 12.0. The van der Waals surface area contributed by atoms with Gasteiger partial charge in [0.15, 0.2) is 0 Å². The van der Waals surface area contributed by atoms with Crippen LogP contribution in [0.1, 0.15) is 58.6 Å². The maximum Gasteiger partial charge on any atom is 0.336 e. The van der Waals surface area contributed by atoms with Gasteiger partial charge in [0.25, 0.3) is 0 Å². The first-order valence-electron chi connectivity index (χ1n) is 9.51. The molecule has 1 aromatic carbocycles. The number of halogens is 3. The van der Waals surface area contributed by atoms with Gasteiger partial charge in [0.1, 0.15) is 11.3 Å². The SMILES string of the molecule is CCc1cc(=O)oc2c(CNC3CC(C)(C)NC(C)(C)C3)c(O)c(Cl)cc12.Cl.Cl. The predicted molar refractivity (Wildman–Crippen MR) is 124 cm³/mol. The highest BCUT2D eigenvalue weighted by Crippen LogP contribution is 2.36. The molecular formula is C21H31Cl3N2O3. The summed E-state index contributed by atoms with van der Waals surface area (Å²) in [6.07, 6.45) is 2.60. The third-order valence-corrected chi connectivity index (χ3v) is 5.57. The maximum atomic E-state index is 12.0. The smallest absolute Gasteiger partial charge is 0.336 e. The molecule has 0 unspecified atom stereocenters. The van der Waals surface area contributed by atoms with Crippen LogP contribution in [-0.2, 0) is 13.0 Å². The molecule has 1 aliphatic heterocycles. The van der Waals surface area contributed by atoms with E-state index in [2.05, 4.69) is 38.3 Å². The van der Waals surface area contributed by atoms with Crippen LogP contribution in [0.4, 0.5) is 0 Å². The van der Waals surface area contributed by atoms with E-state index in [0.29, 0.717) is 24.1 Å². The van der Waals surface area contributed by atoms with E-state index in [0.717, 1.165) is 23.8 Å². The Kier molecular flexibility index (Phi) is 8.48. The van der Waals surface area contributed by atoms with Crippen LogP contribution in [0.15, 0.2) is 21.3 Å². The zero-order chi connectivity index (χ0) is 20.0. The molecule has 164 valence electrons. The molecule has 5 nitrogen and oxygen atoms in total. The zero-order valence-electron chi connectivity index (χ0n) is 17.5. The van der Waals surface area contributed by atoms with Crippen molar-refractivity contribution in [1.82, 2.24) is 10.6 Å². The quantitative estimate of drug-likeness (QED) is 0.557. The highest BCUT2D eigenvalue weighted by atomic mass is 35.5. The van der Waals surface area contributed by atoms with Crippen molar-refractivity contribution >= 4 is 47.4 Å². The Hall–Kier alpha value is -0.980. The highest BCUT2D eigenvalue weighted by Gasteiger charge is 2.37. The number of piperidine rings is 1. The first kappa shape index (κ1) is 26.1. The van der Waals surface area contributed by atoms with Crippen LogP contribution < -0.4 is 16.3 Å². The van der Waals surface area contributed by atoms with Crippen molar-refractivity contribution in [2.75, 3.05) is 0 Å². The Morgan fingerprint density at radius 2 is 1.79 bits per heavy atom. The number of phenolic OH excluding ortho intramolecular Hbond substituents is 1. The van der Waals surface area contributed by atoms with Gasteiger partial charge in [-0.25, -0.2) is 4.79 Å². The van der Waals surface area contributed by atoms with Gasteiger partial charge < -0.3 is 20.2 Å². The van der Waals surface area contributed by atoms with Gasteiger partial charge >= 0.3 is 5.63 Å². The fourth-order valence-electron chi connectivity index (χ4n) is 4.55. The van der Waals surface area contributed by atoms with Crippen LogP contribution in [0.25, 0.3) is 11.0 Å². The van der Waals surface area contributed by atoms with Crippen LogP contribution >= 0.6 is 36.4 Å². The van der Waals surface area contributed by atoms with Gasteiger partial charge in [-0.3, -0.25) is 0 Å². The average Bonchev–Trinajstić information content (AvgIpc) is 2.52. The third kappa shape index (κ3) is 5.80. The van der Waals surface area contributed by atoms with Crippen LogP contribution in [0.5, 0.6) is 5.75 Å². The Labute approximate surface area is 189 Å². The number of hydrogen-bond donors (Lipinski definition) is 3. The highest BCUT2D eigenvalue weighted by molar-refractivity contribution is 6.33. The summed E-state index contributed by atoms with van der Waals surface area (Å²) >= 11 is 6.27. The van der Waals surface area contributed by atoms with Gasteiger partial charge in [0.05, 0.1) is 10.6 Å². The van der Waals surface area contributed by atoms with Crippen LogP contribution in [-0.4, -0.2) is 22.2 Å². The van der Waals surface area contributed by atoms with Gasteiger partial charge in [-0.05, 0) is 58.6 Å². The van der Waals surface area contributed by atoms with Crippen molar-refractivity contribution in [3.05, 3.63) is 38.7 Å². The minimum atomic E-state index is -0.411. The van der Waals surface area contributed by atoms with Crippen molar-refractivity contribution in [2.45, 2.75) is 77.5 Å². The number of aryl methyl sites for hydroxylation is 1. The molecule has 0 amide bonds. The van der Waals surface area contributed by atoms with E-state index < -0.39 is 5.63 Å². The summed E-state index contributed by atoms with van der Waals surface area (Å²) in [4.78, 5) is 12.0. The molecule has 0 atom stereocenters. The Bertz CT molecular complexity index is 910. The second-order valence-electron chi connectivity index (χ2n) is 8.89. The summed E-state index contributed by atoms with van der Waals surface area (Å²) in [6, 6.07) is 3.43. The van der Waals surface area contributed by atoms with Crippen molar-refractivity contribution < 1.29 is 9.52 Å². The molecule has 29 heavy (non-hydrogen) atoms. The first-order chi connectivity index (χ1) is 12.5. The van der Waals surface area contributed by atoms with Gasteiger partial charge in [0, 0.05) is 35.1 Å². The molecule has 2 heterocycles. The minimum Gasteiger partial charge on any atom is -0.506 e. The van der Waals surface area contributed by atoms with Crippen molar-refractivity contribution in [2.24, 2.45) is 0 Å². The summed E-state index contributed by atoms with van der Waals surface area (Å²) in [7, 11) is 0. The molecule has 3 rings (SSSR count). The summed E-state index contributed by atoms with van der Waals surface area (Å²) in [6.45, 7) is 11.1. The average molecular weight is 466 g/mol. The van der Waals surface area contributed by atoms with E-state index >= 15 is 0 Å². The summed E-state index contributed by atoms with van der Waals surface area (Å²) in [5.41, 5.74) is 1.44. The second kappa shape index (κ2) is 9.44. The molecule has 0 radical (unpaired) electrons. The fourth-order valence-corrected chi connectivity index (χ4v) is 4.77. The second-order valence-corrected chi connectivity index (χ2v) is 9.29. The van der Waals surface area contributed by atoms with Gasteiger partial charge in [-0.1, -0.05) is 18.5 Å². The molecule has 1 aliphatic rings. The number of rotatable bonds is 4. The fraction of sp³-hybridized carbons (Fsp3) is 0.571. The summed E-state index contributed by atoms with van der Waals surface area (Å²) in [5.74, 6) is -0.0273. The molecule has 3 N–H and O–H groups in total. The number of benzene rings is 1. The number of aromatic hydroxyl groups is 1. The lowest BCUT2D eigenvalue weighted by Gasteiger charge is -2.46. The molecule has 1 aromatic heterocycles. The third-order valence-electron chi connectivity index (χ3n) is 5.28. The number of hydrogen-bond acceptors (Lipinski definition) is 5. The normalized spacial score (nSPS) is 18.1. The van der Waals surface area contributed by atoms with E-state index in [1.54, 1.807) is 6.07 Å². The summed E-state index contributed by atoms with van der Waals surface area (Å²) < 4.78 is 5.47.